The number of anilines is 1. The van der Waals surface area contributed by atoms with Gasteiger partial charge in [0, 0.05) is 12.3 Å². The summed E-state index contributed by atoms with van der Waals surface area (Å²) in [5, 5.41) is 2.02. The fourth-order valence-electron chi connectivity index (χ4n) is 2.94. The fourth-order valence-corrected chi connectivity index (χ4v) is 5.35. The number of halogens is 4. The van der Waals surface area contributed by atoms with Crippen molar-refractivity contribution in [3.8, 4) is 0 Å². The molecule has 0 aliphatic carbocycles. The molecule has 6 nitrogen and oxygen atoms in total. The van der Waals surface area contributed by atoms with E-state index in [1.165, 1.54) is 36.0 Å². The molecule has 3 aromatic rings. The second kappa shape index (κ2) is 11.2. The molecule has 1 heterocycles. The van der Waals surface area contributed by atoms with Gasteiger partial charge in [0.1, 0.15) is 12.3 Å². The molecule has 1 aromatic heterocycles. The van der Waals surface area contributed by atoms with E-state index < -0.39 is 39.2 Å². The average molecular weight is 533 g/mol. The predicted molar refractivity (Wildman–Crippen MR) is 125 cm³/mol. The summed E-state index contributed by atoms with van der Waals surface area (Å²) in [5.41, 5.74) is -1.53. The Labute approximate surface area is 204 Å². The van der Waals surface area contributed by atoms with Gasteiger partial charge in [0.25, 0.3) is 10.0 Å². The van der Waals surface area contributed by atoms with Crippen LogP contribution in [-0.2, 0) is 26.7 Å². The highest BCUT2D eigenvalue weighted by Crippen LogP contribution is 2.38. The molecule has 0 atom stereocenters. The molecule has 3 rings (SSSR count). The number of nitrogens with zero attached hydrogens (tertiary/aromatic N) is 1. The summed E-state index contributed by atoms with van der Waals surface area (Å²) < 4.78 is 72.5. The molecule has 34 heavy (non-hydrogen) atoms. The van der Waals surface area contributed by atoms with Crippen LogP contribution in [0.5, 0.6) is 0 Å². The normalized spacial score (nSPS) is 11.9. The van der Waals surface area contributed by atoms with E-state index in [0.717, 1.165) is 17.9 Å². The Balaban J connectivity index is 1.78. The van der Waals surface area contributed by atoms with Gasteiger partial charge < -0.3 is 9.73 Å². The SMILES string of the molecule is O=C(CN(c1ccc(Cl)c(C(F)(F)F)c1)S(=O)(=O)c1ccccc1)NCCSCc1ccco1. The second-order valence-corrected chi connectivity index (χ2v) is 10.3. The number of sulfonamides is 1. The molecule has 2 aromatic carbocycles. The van der Waals surface area contributed by atoms with Gasteiger partial charge in [0.2, 0.25) is 5.91 Å². The predicted octanol–water partition coefficient (Wildman–Crippen LogP) is 5.20. The lowest BCUT2D eigenvalue weighted by atomic mass is 10.2. The minimum atomic E-state index is -4.80. The lowest BCUT2D eigenvalue weighted by Crippen LogP contribution is -2.41. The molecule has 0 fully saturated rings. The minimum absolute atomic E-state index is 0.166. The van der Waals surface area contributed by atoms with Gasteiger partial charge in [-0.05, 0) is 42.5 Å². The van der Waals surface area contributed by atoms with E-state index in [1.807, 2.05) is 6.07 Å². The number of amides is 1. The zero-order chi connectivity index (χ0) is 24.8. The third-order valence-electron chi connectivity index (χ3n) is 4.55. The van der Waals surface area contributed by atoms with Gasteiger partial charge in [-0.25, -0.2) is 8.42 Å². The molecule has 182 valence electrons. The van der Waals surface area contributed by atoms with Crippen LogP contribution in [-0.4, -0.2) is 33.2 Å². The van der Waals surface area contributed by atoms with Crippen molar-refractivity contribution in [1.82, 2.24) is 5.32 Å². The average Bonchev–Trinajstić information content (AvgIpc) is 3.31. The monoisotopic (exact) mass is 532 g/mol. The number of hydrogen-bond donors (Lipinski definition) is 1. The van der Waals surface area contributed by atoms with E-state index in [1.54, 1.807) is 18.4 Å². The molecule has 1 N–H and O–H groups in total. The first-order valence-corrected chi connectivity index (χ1v) is 12.9. The van der Waals surface area contributed by atoms with Gasteiger partial charge in [-0.1, -0.05) is 29.8 Å². The van der Waals surface area contributed by atoms with E-state index in [9.17, 15) is 26.4 Å². The molecular formula is C22H20ClF3N2O4S2. The molecule has 0 spiro atoms. The number of thioether (sulfide) groups is 1. The molecule has 0 aliphatic rings. The van der Waals surface area contributed by atoms with Crippen LogP contribution in [0.1, 0.15) is 11.3 Å². The van der Waals surface area contributed by atoms with Gasteiger partial charge in [0.05, 0.1) is 33.2 Å². The number of carbonyl (C=O) groups excluding carboxylic acids is 1. The van der Waals surface area contributed by atoms with Crippen LogP contribution in [0.15, 0.2) is 76.2 Å². The van der Waals surface area contributed by atoms with Crippen molar-refractivity contribution in [2.45, 2.75) is 16.8 Å². The summed E-state index contributed by atoms with van der Waals surface area (Å²) >= 11 is 7.18. The third kappa shape index (κ3) is 6.71. The van der Waals surface area contributed by atoms with Gasteiger partial charge in [-0.3, -0.25) is 9.10 Å². The maximum absolute atomic E-state index is 13.4. The summed E-state index contributed by atoms with van der Waals surface area (Å²) in [6, 6.07) is 13.4. The van der Waals surface area contributed by atoms with Crippen LogP contribution in [0, 0.1) is 0 Å². The third-order valence-corrected chi connectivity index (χ3v) is 7.65. The second-order valence-electron chi connectivity index (χ2n) is 6.97. The van der Waals surface area contributed by atoms with Crippen LogP contribution in [0.25, 0.3) is 0 Å². The molecule has 0 saturated heterocycles. The fraction of sp³-hybridized carbons (Fsp3) is 0.227. The van der Waals surface area contributed by atoms with Crippen LogP contribution >= 0.6 is 23.4 Å². The van der Waals surface area contributed by atoms with Gasteiger partial charge in [0.15, 0.2) is 0 Å². The first kappa shape index (κ1) is 26.0. The standard InChI is InChI=1S/C22H20ClF3N2O4S2/c23-20-9-8-16(13-19(20)22(24,25)26)28(34(30,31)18-6-2-1-3-7-18)14-21(29)27-10-12-33-15-17-5-4-11-32-17/h1-9,11,13H,10,12,14-15H2,(H,27,29). The molecule has 1 amide bonds. The van der Waals surface area contributed by atoms with Crippen molar-refractivity contribution in [2.75, 3.05) is 23.1 Å². The highest BCUT2D eigenvalue weighted by Gasteiger charge is 2.35. The first-order valence-electron chi connectivity index (χ1n) is 9.90. The van der Waals surface area contributed by atoms with E-state index in [-0.39, 0.29) is 17.1 Å². The quantitative estimate of drug-likeness (QED) is 0.363. The van der Waals surface area contributed by atoms with Gasteiger partial charge in [-0.2, -0.15) is 24.9 Å². The largest absolute Gasteiger partial charge is 0.468 e. The van der Waals surface area contributed by atoms with Crippen molar-refractivity contribution in [1.29, 1.82) is 0 Å². The summed E-state index contributed by atoms with van der Waals surface area (Å²) in [6.45, 7) is -0.475. The van der Waals surface area contributed by atoms with Crippen molar-refractivity contribution in [3.05, 3.63) is 83.3 Å². The molecule has 0 saturated carbocycles. The summed E-state index contributed by atoms with van der Waals surface area (Å²) in [4.78, 5) is 12.4. The Morgan fingerprint density at radius 1 is 1.09 bits per heavy atom. The Hall–Kier alpha value is -2.63. The maximum atomic E-state index is 13.4. The van der Waals surface area contributed by atoms with E-state index in [0.29, 0.717) is 21.9 Å². The molecule has 0 unspecified atom stereocenters. The number of nitrogens with one attached hydrogen (secondary N) is 1. The number of carbonyl (C=O) groups is 1. The topological polar surface area (TPSA) is 79.6 Å². The van der Waals surface area contributed by atoms with Crippen molar-refractivity contribution < 1.29 is 30.8 Å². The zero-order valence-electron chi connectivity index (χ0n) is 17.6. The highest BCUT2D eigenvalue weighted by molar-refractivity contribution is 7.98. The number of hydrogen-bond acceptors (Lipinski definition) is 5. The molecular weight excluding hydrogens is 513 g/mol. The van der Waals surface area contributed by atoms with Crippen LogP contribution in [0.2, 0.25) is 5.02 Å². The summed E-state index contributed by atoms with van der Waals surface area (Å²) in [6.07, 6.45) is -3.25. The minimum Gasteiger partial charge on any atom is -0.468 e. The van der Waals surface area contributed by atoms with E-state index in [2.05, 4.69) is 5.32 Å². The van der Waals surface area contributed by atoms with Crippen LogP contribution in [0.3, 0.4) is 0 Å². The Bertz CT molecular complexity index is 1200. The summed E-state index contributed by atoms with van der Waals surface area (Å²) in [7, 11) is -4.34. The van der Waals surface area contributed by atoms with E-state index in [4.69, 9.17) is 16.0 Å². The highest BCUT2D eigenvalue weighted by atomic mass is 35.5. The van der Waals surface area contributed by atoms with Gasteiger partial charge >= 0.3 is 6.18 Å². The van der Waals surface area contributed by atoms with Crippen molar-refractivity contribution in [3.63, 3.8) is 0 Å². The van der Waals surface area contributed by atoms with Crippen LogP contribution in [0.4, 0.5) is 18.9 Å². The number of rotatable bonds is 10. The number of benzene rings is 2. The molecule has 12 heteroatoms. The first-order chi connectivity index (χ1) is 16.1. The van der Waals surface area contributed by atoms with Crippen molar-refractivity contribution in [2.24, 2.45) is 0 Å². The van der Waals surface area contributed by atoms with Crippen LogP contribution < -0.4 is 9.62 Å². The van der Waals surface area contributed by atoms with Gasteiger partial charge in [-0.15, -0.1) is 0 Å². The zero-order valence-corrected chi connectivity index (χ0v) is 20.0. The Kier molecular flexibility index (Phi) is 8.56. The number of furan rings is 1. The molecule has 0 bridgehead atoms. The Morgan fingerprint density at radius 2 is 1.82 bits per heavy atom. The number of alkyl halides is 3. The maximum Gasteiger partial charge on any atom is 0.417 e. The molecule has 0 aliphatic heterocycles. The lowest BCUT2D eigenvalue weighted by Gasteiger charge is -2.25. The Morgan fingerprint density at radius 3 is 2.47 bits per heavy atom. The van der Waals surface area contributed by atoms with E-state index >= 15 is 0 Å². The summed E-state index contributed by atoms with van der Waals surface area (Å²) in [5.74, 6) is 1.24. The molecule has 0 radical (unpaired) electrons. The van der Waals surface area contributed by atoms with Crippen molar-refractivity contribution >= 4 is 45.0 Å². The lowest BCUT2D eigenvalue weighted by molar-refractivity contribution is -0.137. The smallest absolute Gasteiger partial charge is 0.417 e.